The van der Waals surface area contributed by atoms with Crippen molar-refractivity contribution in [2.24, 2.45) is 5.92 Å². The van der Waals surface area contributed by atoms with Crippen LogP contribution in [-0.4, -0.2) is 61.4 Å². The quantitative estimate of drug-likeness (QED) is 0.684. The third kappa shape index (κ3) is 5.73. The topological polar surface area (TPSA) is 55.9 Å². The van der Waals surface area contributed by atoms with Gasteiger partial charge in [-0.1, -0.05) is 46.3 Å². The average Bonchev–Trinajstić information content (AvgIpc) is 3.16. The number of halogens is 1. The molecule has 0 spiro atoms. The lowest BCUT2D eigenvalue weighted by molar-refractivity contribution is -0.126. The molecule has 1 N–H and O–H groups in total. The fraction of sp³-hybridized carbons (Fsp3) is 0.417. The second-order valence-corrected chi connectivity index (χ2v) is 9.42. The number of hydrogen-bond donors (Lipinski definition) is 1. The Hall–Kier alpha value is -2.22. The van der Waals surface area contributed by atoms with Crippen LogP contribution in [0.3, 0.4) is 0 Å². The Morgan fingerprint density at radius 2 is 1.81 bits per heavy atom. The number of carbonyl (C=O) groups is 2. The van der Waals surface area contributed by atoms with E-state index in [4.69, 9.17) is 0 Å². The molecule has 2 heterocycles. The maximum atomic E-state index is 12.7. The molecule has 0 bridgehead atoms. The molecule has 164 valence electrons. The molecule has 2 aliphatic heterocycles. The van der Waals surface area contributed by atoms with E-state index in [0.29, 0.717) is 13.1 Å². The van der Waals surface area contributed by atoms with E-state index >= 15 is 0 Å². The number of hydrogen-bond acceptors (Lipinski definition) is 4. The number of carbonyl (C=O) groups excluding carboxylic acids is 2. The highest BCUT2D eigenvalue weighted by molar-refractivity contribution is 9.10. The maximum Gasteiger partial charge on any atom is 0.227 e. The molecule has 0 saturated carbocycles. The second kappa shape index (κ2) is 9.94. The summed E-state index contributed by atoms with van der Waals surface area (Å²) in [6, 6.07) is 16.0. The summed E-state index contributed by atoms with van der Waals surface area (Å²) < 4.78 is 0.919. The van der Waals surface area contributed by atoms with Gasteiger partial charge in [-0.05, 0) is 36.4 Å². The van der Waals surface area contributed by atoms with Crippen molar-refractivity contribution in [2.75, 3.05) is 44.7 Å². The summed E-state index contributed by atoms with van der Waals surface area (Å²) >= 11 is 3.44. The fourth-order valence-electron chi connectivity index (χ4n) is 4.21. The van der Waals surface area contributed by atoms with E-state index in [1.165, 1.54) is 5.56 Å². The summed E-state index contributed by atoms with van der Waals surface area (Å²) in [6.07, 6.45) is 0.252. The first-order chi connectivity index (χ1) is 15.0. The highest BCUT2D eigenvalue weighted by atomic mass is 79.9. The summed E-state index contributed by atoms with van der Waals surface area (Å²) in [5.74, 6) is -0.386. The summed E-state index contributed by atoms with van der Waals surface area (Å²) in [4.78, 5) is 31.7. The number of nitrogens with one attached hydrogen (secondary N) is 1. The van der Waals surface area contributed by atoms with Gasteiger partial charge in [0.1, 0.15) is 0 Å². The number of benzene rings is 2. The smallest absolute Gasteiger partial charge is 0.227 e. The summed E-state index contributed by atoms with van der Waals surface area (Å²) in [5.41, 5.74) is 3.19. The van der Waals surface area contributed by atoms with Crippen LogP contribution in [0.15, 0.2) is 53.0 Å². The zero-order valence-corrected chi connectivity index (χ0v) is 19.5. The zero-order valence-electron chi connectivity index (χ0n) is 17.9. The highest BCUT2D eigenvalue weighted by Gasteiger charge is 2.35. The van der Waals surface area contributed by atoms with Crippen LogP contribution in [0, 0.1) is 5.92 Å². The number of anilines is 1. The van der Waals surface area contributed by atoms with E-state index in [9.17, 15) is 9.59 Å². The molecule has 2 aromatic rings. The molecule has 2 amide bonds. The Kier molecular flexibility index (Phi) is 7.05. The third-order valence-electron chi connectivity index (χ3n) is 6.08. The Morgan fingerprint density at radius 3 is 2.58 bits per heavy atom. The fourth-order valence-corrected chi connectivity index (χ4v) is 4.60. The van der Waals surface area contributed by atoms with Gasteiger partial charge in [0.15, 0.2) is 0 Å². The Bertz CT molecular complexity index is 943. The van der Waals surface area contributed by atoms with Gasteiger partial charge < -0.3 is 15.1 Å². The lowest BCUT2D eigenvalue weighted by atomic mass is 10.1. The summed E-state index contributed by atoms with van der Waals surface area (Å²) in [7, 11) is 2.16. The summed E-state index contributed by atoms with van der Waals surface area (Å²) in [6.45, 7) is 6.22. The first kappa shape index (κ1) is 22.0. The van der Waals surface area contributed by atoms with Crippen LogP contribution in [0.4, 0.5) is 5.69 Å². The van der Waals surface area contributed by atoms with Crippen LogP contribution in [0.25, 0.3) is 0 Å². The van der Waals surface area contributed by atoms with Crippen LogP contribution in [0.1, 0.15) is 17.5 Å². The van der Waals surface area contributed by atoms with Crippen LogP contribution in [0.2, 0.25) is 0 Å². The van der Waals surface area contributed by atoms with Gasteiger partial charge >= 0.3 is 0 Å². The molecular formula is C24H29BrN4O2. The molecule has 0 aliphatic carbocycles. The van der Waals surface area contributed by atoms with Crippen molar-refractivity contribution in [3.05, 3.63) is 64.1 Å². The molecule has 2 fully saturated rings. The third-order valence-corrected chi connectivity index (χ3v) is 6.57. The molecule has 7 heteroatoms. The lowest BCUT2D eigenvalue weighted by Gasteiger charge is -2.32. The predicted molar refractivity (Wildman–Crippen MR) is 126 cm³/mol. The Morgan fingerprint density at radius 1 is 1.06 bits per heavy atom. The highest BCUT2D eigenvalue weighted by Crippen LogP contribution is 2.27. The van der Waals surface area contributed by atoms with Crippen LogP contribution in [-0.2, 0) is 22.7 Å². The minimum atomic E-state index is -0.319. The second-order valence-electron chi connectivity index (χ2n) is 8.50. The van der Waals surface area contributed by atoms with Crippen LogP contribution < -0.4 is 10.2 Å². The number of likely N-dealkylation sites (N-methyl/N-ethyl adjacent to an activating group) is 1. The molecule has 0 aromatic heterocycles. The van der Waals surface area contributed by atoms with E-state index in [2.05, 4.69) is 56.3 Å². The van der Waals surface area contributed by atoms with Crippen molar-refractivity contribution in [3.8, 4) is 0 Å². The van der Waals surface area contributed by atoms with Gasteiger partial charge in [-0.3, -0.25) is 14.5 Å². The molecule has 0 radical (unpaired) electrons. The van der Waals surface area contributed by atoms with E-state index in [1.807, 2.05) is 30.3 Å². The molecule has 2 aliphatic rings. The Balaban J connectivity index is 1.30. The van der Waals surface area contributed by atoms with Crippen LogP contribution in [0.5, 0.6) is 0 Å². The molecular weight excluding hydrogens is 456 g/mol. The van der Waals surface area contributed by atoms with Gasteiger partial charge in [-0.15, -0.1) is 0 Å². The molecule has 2 aromatic carbocycles. The maximum absolute atomic E-state index is 12.7. The molecule has 6 nitrogen and oxygen atoms in total. The van der Waals surface area contributed by atoms with Crippen molar-refractivity contribution in [2.45, 2.75) is 19.5 Å². The SMILES string of the molecule is CN1CCN(Cc2cccc(CNC(=O)C3CC(=O)N(c4cccc(Br)c4)C3)c2)CC1. The van der Waals surface area contributed by atoms with Gasteiger partial charge in [0.2, 0.25) is 11.8 Å². The average molecular weight is 485 g/mol. The molecule has 1 atom stereocenters. The van der Waals surface area contributed by atoms with Crippen LogP contribution >= 0.6 is 15.9 Å². The number of amides is 2. The van der Waals surface area contributed by atoms with Gasteiger partial charge in [0, 0.05) is 62.4 Å². The lowest BCUT2D eigenvalue weighted by Crippen LogP contribution is -2.43. The number of nitrogens with zero attached hydrogens (tertiary/aromatic N) is 3. The van der Waals surface area contributed by atoms with Gasteiger partial charge in [-0.2, -0.15) is 0 Å². The molecule has 1 unspecified atom stereocenters. The first-order valence-electron chi connectivity index (χ1n) is 10.8. The Labute approximate surface area is 192 Å². The predicted octanol–water partition coefficient (Wildman–Crippen LogP) is 2.87. The monoisotopic (exact) mass is 484 g/mol. The van der Waals surface area contributed by atoms with Crippen molar-refractivity contribution in [1.82, 2.24) is 15.1 Å². The van der Waals surface area contributed by atoms with E-state index in [1.54, 1.807) is 4.90 Å². The van der Waals surface area contributed by atoms with E-state index in [0.717, 1.165) is 48.4 Å². The van der Waals surface area contributed by atoms with Gasteiger partial charge in [0.05, 0.1) is 5.92 Å². The van der Waals surface area contributed by atoms with Crippen molar-refractivity contribution < 1.29 is 9.59 Å². The molecule has 31 heavy (non-hydrogen) atoms. The van der Waals surface area contributed by atoms with Crippen molar-refractivity contribution >= 4 is 33.4 Å². The van der Waals surface area contributed by atoms with Crippen molar-refractivity contribution in [1.29, 1.82) is 0 Å². The minimum absolute atomic E-state index is 0.00702. The number of rotatable bonds is 6. The van der Waals surface area contributed by atoms with E-state index in [-0.39, 0.29) is 24.2 Å². The molecule has 4 rings (SSSR count). The van der Waals surface area contributed by atoms with E-state index < -0.39 is 0 Å². The largest absolute Gasteiger partial charge is 0.352 e. The number of piperazine rings is 1. The standard InChI is InChI=1S/C24H29BrN4O2/c1-27-8-10-28(11-9-27)16-19-5-2-4-18(12-19)15-26-24(31)20-13-23(30)29(17-20)22-7-3-6-21(25)14-22/h2-7,12,14,20H,8-11,13,15-17H2,1H3,(H,26,31). The zero-order chi connectivity index (χ0) is 21.8. The van der Waals surface area contributed by atoms with Crippen molar-refractivity contribution in [3.63, 3.8) is 0 Å². The normalized spacial score (nSPS) is 20.3. The minimum Gasteiger partial charge on any atom is -0.352 e. The van der Waals surface area contributed by atoms with Gasteiger partial charge in [-0.25, -0.2) is 0 Å². The first-order valence-corrected chi connectivity index (χ1v) is 11.6. The summed E-state index contributed by atoms with van der Waals surface area (Å²) in [5, 5.41) is 3.03. The van der Waals surface area contributed by atoms with Gasteiger partial charge in [0.25, 0.3) is 0 Å². The molecule has 2 saturated heterocycles.